The highest BCUT2D eigenvalue weighted by atomic mass is 15.0. The van der Waals surface area contributed by atoms with Crippen LogP contribution in [0.5, 0.6) is 0 Å². The van der Waals surface area contributed by atoms with Crippen LogP contribution >= 0.6 is 0 Å². The summed E-state index contributed by atoms with van der Waals surface area (Å²) in [6.07, 6.45) is 3.10. The topological polar surface area (TPSA) is 0 Å². The Morgan fingerprint density at radius 2 is 2.14 bits per heavy atom. The Balaban J connectivity index is 2.01. The number of hydrogen-bond acceptors (Lipinski definition) is 0. The van der Waals surface area contributed by atoms with E-state index in [1.54, 1.807) is 6.42 Å². The van der Waals surface area contributed by atoms with Crippen LogP contribution in [0.1, 0.15) is 19.8 Å². The van der Waals surface area contributed by atoms with Gasteiger partial charge in [-0.05, 0) is 36.0 Å². The van der Waals surface area contributed by atoms with Crippen molar-refractivity contribution in [2.75, 3.05) is 0 Å². The fraction of sp³-hybridized carbons (Fsp3) is 1.00. The van der Waals surface area contributed by atoms with Crippen LogP contribution < -0.4 is 0 Å². The molecule has 0 spiro atoms. The SMILES string of the molecule is CCC12C3CC1C32. The summed E-state index contributed by atoms with van der Waals surface area (Å²) >= 11 is 0. The van der Waals surface area contributed by atoms with Crippen molar-refractivity contribution in [3.63, 3.8) is 0 Å². The lowest BCUT2D eigenvalue weighted by Crippen LogP contribution is -2.22. The summed E-state index contributed by atoms with van der Waals surface area (Å²) in [5, 5.41) is 0. The molecule has 7 heavy (non-hydrogen) atoms. The molecule has 0 nitrogen and oxygen atoms in total. The van der Waals surface area contributed by atoms with E-state index in [-0.39, 0.29) is 0 Å². The van der Waals surface area contributed by atoms with Gasteiger partial charge in [0.1, 0.15) is 0 Å². The molecule has 0 aliphatic heterocycles. The predicted molar refractivity (Wildman–Crippen MR) is 27.8 cm³/mol. The van der Waals surface area contributed by atoms with E-state index in [1.807, 2.05) is 0 Å². The zero-order chi connectivity index (χ0) is 4.65. The molecule has 2 unspecified atom stereocenters. The summed E-state index contributed by atoms with van der Waals surface area (Å²) in [5.41, 5.74) is 1.01. The summed E-state index contributed by atoms with van der Waals surface area (Å²) in [4.78, 5) is 0. The van der Waals surface area contributed by atoms with Gasteiger partial charge in [0.15, 0.2) is 0 Å². The van der Waals surface area contributed by atoms with Gasteiger partial charge in [-0.3, -0.25) is 0 Å². The van der Waals surface area contributed by atoms with Gasteiger partial charge in [0, 0.05) is 0 Å². The molecule has 4 aliphatic rings. The van der Waals surface area contributed by atoms with Crippen LogP contribution in [0.25, 0.3) is 0 Å². The van der Waals surface area contributed by atoms with Crippen LogP contribution in [-0.2, 0) is 0 Å². The fourth-order valence-corrected chi connectivity index (χ4v) is 2.99. The normalized spacial score (nSPS) is 79.3. The van der Waals surface area contributed by atoms with Crippen LogP contribution in [0.4, 0.5) is 0 Å². The second-order valence-electron chi connectivity index (χ2n) is 3.44. The molecule has 0 aromatic heterocycles. The molecule has 0 heteroatoms. The van der Waals surface area contributed by atoms with Gasteiger partial charge in [0.05, 0.1) is 0 Å². The van der Waals surface area contributed by atoms with Gasteiger partial charge in [-0.1, -0.05) is 6.92 Å². The van der Waals surface area contributed by atoms with Gasteiger partial charge >= 0.3 is 0 Å². The van der Waals surface area contributed by atoms with Crippen molar-refractivity contribution in [1.29, 1.82) is 0 Å². The zero-order valence-corrected chi connectivity index (χ0v) is 4.65. The van der Waals surface area contributed by atoms with E-state index in [0.29, 0.717) is 0 Å². The Bertz CT molecular complexity index is 117. The lowest BCUT2D eigenvalue weighted by molar-refractivity contribution is 0.192. The molecule has 38 valence electrons. The van der Waals surface area contributed by atoms with Gasteiger partial charge in [-0.25, -0.2) is 0 Å². The largest absolute Gasteiger partial charge is 0.0648 e. The summed E-state index contributed by atoms with van der Waals surface area (Å²) in [6, 6.07) is 0. The Kier molecular flexibility index (Phi) is 0.231. The van der Waals surface area contributed by atoms with Gasteiger partial charge in [0.2, 0.25) is 0 Å². The summed E-state index contributed by atoms with van der Waals surface area (Å²) in [6.45, 7) is 2.35. The van der Waals surface area contributed by atoms with Crippen molar-refractivity contribution in [1.82, 2.24) is 0 Å². The van der Waals surface area contributed by atoms with Crippen molar-refractivity contribution in [3.05, 3.63) is 0 Å². The predicted octanol–water partition coefficient (Wildman–Crippen LogP) is 1.66. The second-order valence-corrected chi connectivity index (χ2v) is 3.44. The van der Waals surface area contributed by atoms with Crippen molar-refractivity contribution >= 4 is 0 Å². The van der Waals surface area contributed by atoms with E-state index >= 15 is 0 Å². The van der Waals surface area contributed by atoms with Crippen LogP contribution in [0.2, 0.25) is 0 Å². The summed E-state index contributed by atoms with van der Waals surface area (Å²) < 4.78 is 0. The van der Waals surface area contributed by atoms with Crippen LogP contribution in [0, 0.1) is 23.2 Å². The Hall–Kier alpha value is 0. The highest BCUT2D eigenvalue weighted by Gasteiger charge is 2.93. The van der Waals surface area contributed by atoms with E-state index in [2.05, 4.69) is 6.92 Å². The minimum atomic E-state index is 1.01. The van der Waals surface area contributed by atoms with Gasteiger partial charge < -0.3 is 0 Å². The van der Waals surface area contributed by atoms with Crippen LogP contribution in [0.3, 0.4) is 0 Å². The third kappa shape index (κ3) is 0.114. The van der Waals surface area contributed by atoms with Crippen LogP contribution in [-0.4, -0.2) is 0 Å². The minimum absolute atomic E-state index is 1.01. The maximum absolute atomic E-state index is 2.35. The molecule has 2 atom stereocenters. The van der Waals surface area contributed by atoms with E-state index in [0.717, 1.165) is 5.41 Å². The monoisotopic (exact) mass is 94.1 g/mol. The third-order valence-corrected chi connectivity index (χ3v) is 3.77. The van der Waals surface area contributed by atoms with E-state index < -0.39 is 0 Å². The van der Waals surface area contributed by atoms with Crippen molar-refractivity contribution in [2.24, 2.45) is 23.2 Å². The average molecular weight is 94.2 g/mol. The molecule has 0 N–H and O–H groups in total. The fourth-order valence-electron chi connectivity index (χ4n) is 2.99. The van der Waals surface area contributed by atoms with Crippen LogP contribution in [0.15, 0.2) is 0 Å². The van der Waals surface area contributed by atoms with E-state index in [1.165, 1.54) is 24.2 Å². The molecule has 4 aliphatic carbocycles. The first-order chi connectivity index (χ1) is 3.41. The Morgan fingerprint density at radius 1 is 1.57 bits per heavy atom. The minimum Gasteiger partial charge on any atom is -0.0648 e. The Morgan fingerprint density at radius 3 is 2.14 bits per heavy atom. The van der Waals surface area contributed by atoms with Gasteiger partial charge in [0.25, 0.3) is 0 Å². The van der Waals surface area contributed by atoms with Crippen molar-refractivity contribution in [2.45, 2.75) is 19.8 Å². The number of rotatable bonds is 1. The average Bonchev–Trinajstić information content (AvgIpc) is 2.18. The molecule has 4 rings (SSSR count). The highest BCUT2D eigenvalue weighted by Crippen LogP contribution is 2.98. The molecular formula is C7H10. The molecule has 0 heterocycles. The van der Waals surface area contributed by atoms with Gasteiger partial charge in [-0.2, -0.15) is 0 Å². The summed E-state index contributed by atoms with van der Waals surface area (Å²) in [7, 11) is 0. The Labute approximate surface area is 43.9 Å². The summed E-state index contributed by atoms with van der Waals surface area (Å²) in [5.74, 6) is 3.78. The molecule has 4 saturated carbocycles. The molecule has 2 bridgehead atoms. The first kappa shape index (κ1) is 3.11. The van der Waals surface area contributed by atoms with Crippen molar-refractivity contribution < 1.29 is 0 Å². The maximum atomic E-state index is 2.35. The maximum Gasteiger partial charge on any atom is -0.0203 e. The molecule has 0 aromatic rings. The van der Waals surface area contributed by atoms with Gasteiger partial charge in [-0.15, -0.1) is 0 Å². The second kappa shape index (κ2) is 0.519. The third-order valence-electron chi connectivity index (χ3n) is 3.77. The smallest absolute Gasteiger partial charge is 0.0203 e. The van der Waals surface area contributed by atoms with E-state index in [9.17, 15) is 0 Å². The molecule has 0 saturated heterocycles. The molecule has 0 amide bonds. The first-order valence-corrected chi connectivity index (χ1v) is 3.41. The number of hydrogen-bond donors (Lipinski definition) is 0. The lowest BCUT2D eigenvalue weighted by atomic mass is 9.75. The molecule has 4 fully saturated rings. The molecular weight excluding hydrogens is 84.1 g/mol. The molecule has 0 aromatic carbocycles. The molecule has 0 radical (unpaired) electrons. The van der Waals surface area contributed by atoms with E-state index in [4.69, 9.17) is 0 Å². The van der Waals surface area contributed by atoms with Crippen molar-refractivity contribution in [3.8, 4) is 0 Å². The lowest BCUT2D eigenvalue weighted by Gasteiger charge is -2.29. The first-order valence-electron chi connectivity index (χ1n) is 3.41. The zero-order valence-electron chi connectivity index (χ0n) is 4.65. The standard InChI is InChI=1S/C7H10/c1-2-7-4-3-5(7)6(4)7/h4-6H,2-3H2,1H3. The quantitative estimate of drug-likeness (QED) is 0.463. The highest BCUT2D eigenvalue weighted by molar-refractivity contribution is 5.40.